The molecule has 0 aromatic rings. The van der Waals surface area contributed by atoms with Crippen LogP contribution in [-0.4, -0.2) is 65.4 Å². The fourth-order valence-electron chi connectivity index (χ4n) is 2.79. The highest BCUT2D eigenvalue weighted by molar-refractivity contribution is 8.00. The standard InChI is InChI=1S/C13H22N2O4S/c1-19-9-6-10(11(16)17)15(7-9)12(18)14-8-13(20-2)4-3-5-13/h9-10H,3-8H2,1-2H3,(H,14,18)(H,16,17). The lowest BCUT2D eigenvalue weighted by Crippen LogP contribution is -2.51. The van der Waals surface area contributed by atoms with E-state index in [1.807, 2.05) is 0 Å². The van der Waals surface area contributed by atoms with Gasteiger partial charge in [0.15, 0.2) is 0 Å². The molecule has 0 aromatic carbocycles. The van der Waals surface area contributed by atoms with Crippen molar-refractivity contribution in [2.75, 3.05) is 26.5 Å². The number of likely N-dealkylation sites (tertiary alicyclic amines) is 1. The summed E-state index contributed by atoms with van der Waals surface area (Å²) >= 11 is 1.78. The molecular weight excluding hydrogens is 280 g/mol. The average Bonchev–Trinajstić information content (AvgIpc) is 2.82. The number of nitrogens with one attached hydrogen (secondary N) is 1. The number of aliphatic carboxylic acids is 1. The first-order valence-electron chi connectivity index (χ1n) is 6.86. The van der Waals surface area contributed by atoms with Gasteiger partial charge in [-0.05, 0) is 19.1 Å². The van der Waals surface area contributed by atoms with E-state index in [2.05, 4.69) is 11.6 Å². The summed E-state index contributed by atoms with van der Waals surface area (Å²) in [4.78, 5) is 24.8. The number of carboxylic acid groups (broad SMARTS) is 1. The van der Waals surface area contributed by atoms with Crippen LogP contribution in [0.3, 0.4) is 0 Å². The maximum Gasteiger partial charge on any atom is 0.326 e. The van der Waals surface area contributed by atoms with Crippen LogP contribution in [0.15, 0.2) is 0 Å². The van der Waals surface area contributed by atoms with E-state index in [-0.39, 0.29) is 16.9 Å². The first-order valence-corrected chi connectivity index (χ1v) is 8.09. The summed E-state index contributed by atoms with van der Waals surface area (Å²) in [7, 11) is 1.54. The summed E-state index contributed by atoms with van der Waals surface area (Å²) in [5, 5.41) is 12.1. The van der Waals surface area contributed by atoms with Crippen molar-refractivity contribution in [1.29, 1.82) is 0 Å². The molecule has 2 atom stereocenters. The summed E-state index contributed by atoms with van der Waals surface area (Å²) in [6.07, 6.45) is 5.63. The Morgan fingerprint density at radius 3 is 2.65 bits per heavy atom. The van der Waals surface area contributed by atoms with Crippen molar-refractivity contribution >= 4 is 23.8 Å². The molecular formula is C13H22N2O4S. The van der Waals surface area contributed by atoms with Crippen LogP contribution < -0.4 is 5.32 Å². The van der Waals surface area contributed by atoms with E-state index >= 15 is 0 Å². The zero-order valence-electron chi connectivity index (χ0n) is 11.9. The van der Waals surface area contributed by atoms with Crippen molar-refractivity contribution in [3.05, 3.63) is 0 Å². The number of urea groups is 1. The van der Waals surface area contributed by atoms with Gasteiger partial charge < -0.3 is 20.1 Å². The Kier molecular flexibility index (Phi) is 4.80. The maximum absolute atomic E-state index is 12.2. The average molecular weight is 302 g/mol. The van der Waals surface area contributed by atoms with Gasteiger partial charge in [0, 0.05) is 31.4 Å². The molecule has 114 valence electrons. The Bertz CT molecular complexity index is 381. The molecule has 6 nitrogen and oxygen atoms in total. The third-order valence-electron chi connectivity index (χ3n) is 4.40. The zero-order valence-corrected chi connectivity index (χ0v) is 12.7. The van der Waals surface area contributed by atoms with Crippen molar-refractivity contribution < 1.29 is 19.4 Å². The number of ether oxygens (including phenoxy) is 1. The van der Waals surface area contributed by atoms with Crippen LogP contribution in [-0.2, 0) is 9.53 Å². The number of thioether (sulfide) groups is 1. The molecule has 2 fully saturated rings. The van der Waals surface area contributed by atoms with Gasteiger partial charge >= 0.3 is 12.0 Å². The van der Waals surface area contributed by atoms with E-state index in [0.29, 0.717) is 19.5 Å². The van der Waals surface area contributed by atoms with Crippen LogP contribution in [0.4, 0.5) is 4.79 Å². The summed E-state index contributed by atoms with van der Waals surface area (Å²) in [5.41, 5.74) is 0. The summed E-state index contributed by atoms with van der Waals surface area (Å²) in [6.45, 7) is 0.944. The minimum Gasteiger partial charge on any atom is -0.480 e. The number of nitrogens with zero attached hydrogens (tertiary/aromatic N) is 1. The molecule has 2 amide bonds. The first kappa shape index (κ1) is 15.4. The molecule has 1 saturated carbocycles. The van der Waals surface area contributed by atoms with Crippen LogP contribution in [0, 0.1) is 0 Å². The normalized spacial score (nSPS) is 28.0. The fourth-order valence-corrected chi connectivity index (χ4v) is 3.70. The third-order valence-corrected chi connectivity index (χ3v) is 5.82. The lowest BCUT2D eigenvalue weighted by atomic mass is 9.84. The second-order valence-electron chi connectivity index (χ2n) is 5.50. The quantitative estimate of drug-likeness (QED) is 0.796. The lowest BCUT2D eigenvalue weighted by molar-refractivity contribution is -0.141. The van der Waals surface area contributed by atoms with Gasteiger partial charge in [-0.15, -0.1) is 0 Å². The van der Waals surface area contributed by atoms with Gasteiger partial charge in [0.25, 0.3) is 0 Å². The Hall–Kier alpha value is -0.950. The van der Waals surface area contributed by atoms with Gasteiger partial charge in [0.2, 0.25) is 0 Å². The van der Waals surface area contributed by atoms with Crippen LogP contribution in [0.5, 0.6) is 0 Å². The predicted octanol–water partition coefficient (Wildman–Crippen LogP) is 1.16. The Labute approximate surface area is 123 Å². The zero-order chi connectivity index (χ0) is 14.8. The predicted molar refractivity (Wildman–Crippen MR) is 77.0 cm³/mol. The first-order chi connectivity index (χ1) is 9.51. The Morgan fingerprint density at radius 2 is 2.20 bits per heavy atom. The Morgan fingerprint density at radius 1 is 1.50 bits per heavy atom. The molecule has 0 radical (unpaired) electrons. The largest absolute Gasteiger partial charge is 0.480 e. The number of amides is 2. The van der Waals surface area contributed by atoms with Gasteiger partial charge in [-0.2, -0.15) is 11.8 Å². The molecule has 0 aromatic heterocycles. The molecule has 20 heavy (non-hydrogen) atoms. The topological polar surface area (TPSA) is 78.9 Å². The Balaban J connectivity index is 1.91. The number of carboxylic acids is 1. The van der Waals surface area contributed by atoms with Gasteiger partial charge in [0.1, 0.15) is 6.04 Å². The molecule has 2 unspecified atom stereocenters. The van der Waals surface area contributed by atoms with Crippen LogP contribution in [0.1, 0.15) is 25.7 Å². The molecule has 2 rings (SSSR count). The molecule has 2 N–H and O–H groups in total. The van der Waals surface area contributed by atoms with E-state index < -0.39 is 12.0 Å². The van der Waals surface area contributed by atoms with E-state index in [1.165, 1.54) is 11.3 Å². The van der Waals surface area contributed by atoms with Gasteiger partial charge in [0.05, 0.1) is 6.10 Å². The molecule has 0 bridgehead atoms. The maximum atomic E-state index is 12.2. The van der Waals surface area contributed by atoms with E-state index in [9.17, 15) is 14.7 Å². The van der Waals surface area contributed by atoms with Crippen molar-refractivity contribution in [1.82, 2.24) is 10.2 Å². The molecule has 0 spiro atoms. The number of rotatable bonds is 5. The molecule has 1 saturated heterocycles. The minimum atomic E-state index is -0.970. The van der Waals surface area contributed by atoms with Gasteiger partial charge in [-0.1, -0.05) is 6.42 Å². The lowest BCUT2D eigenvalue weighted by Gasteiger charge is -2.40. The second kappa shape index (κ2) is 6.22. The molecule has 7 heteroatoms. The number of methoxy groups -OCH3 is 1. The SMILES string of the molecule is COC1CC(C(=O)O)N(C(=O)NCC2(SC)CCC2)C1. The van der Waals surface area contributed by atoms with Crippen molar-refractivity contribution in [2.45, 2.75) is 42.6 Å². The summed E-state index contributed by atoms with van der Waals surface area (Å²) in [5.74, 6) is -0.970. The molecule has 1 heterocycles. The van der Waals surface area contributed by atoms with Crippen molar-refractivity contribution in [3.63, 3.8) is 0 Å². The molecule has 1 aliphatic heterocycles. The number of hydrogen-bond acceptors (Lipinski definition) is 4. The highest BCUT2D eigenvalue weighted by atomic mass is 32.2. The number of carbonyl (C=O) groups excluding carboxylic acids is 1. The summed E-state index contributed by atoms with van der Waals surface area (Å²) < 4.78 is 5.33. The monoisotopic (exact) mass is 302 g/mol. The molecule has 1 aliphatic carbocycles. The smallest absolute Gasteiger partial charge is 0.326 e. The van der Waals surface area contributed by atoms with Crippen molar-refractivity contribution in [3.8, 4) is 0 Å². The van der Waals surface area contributed by atoms with Crippen LogP contribution in [0.25, 0.3) is 0 Å². The number of hydrogen-bond donors (Lipinski definition) is 2. The van der Waals surface area contributed by atoms with Gasteiger partial charge in [-0.25, -0.2) is 9.59 Å². The van der Waals surface area contributed by atoms with Crippen LogP contribution >= 0.6 is 11.8 Å². The van der Waals surface area contributed by atoms with E-state index in [1.54, 1.807) is 18.9 Å². The number of carbonyl (C=O) groups is 2. The van der Waals surface area contributed by atoms with E-state index in [4.69, 9.17) is 4.74 Å². The third kappa shape index (κ3) is 3.03. The second-order valence-corrected chi connectivity index (χ2v) is 6.77. The highest BCUT2D eigenvalue weighted by Gasteiger charge is 2.41. The summed E-state index contributed by atoms with van der Waals surface area (Å²) in [6, 6.07) is -1.08. The van der Waals surface area contributed by atoms with Gasteiger partial charge in [-0.3, -0.25) is 0 Å². The van der Waals surface area contributed by atoms with Crippen molar-refractivity contribution in [2.24, 2.45) is 0 Å². The minimum absolute atomic E-state index is 0.148. The fraction of sp³-hybridized carbons (Fsp3) is 0.846. The van der Waals surface area contributed by atoms with E-state index in [0.717, 1.165) is 12.8 Å². The van der Waals surface area contributed by atoms with Crippen LogP contribution in [0.2, 0.25) is 0 Å². The highest BCUT2D eigenvalue weighted by Crippen LogP contribution is 2.42. The molecule has 2 aliphatic rings.